The molecule has 34 heavy (non-hydrogen) atoms. The van der Waals surface area contributed by atoms with E-state index in [-0.39, 0.29) is 68.5 Å². The SMILES string of the molecule is O=C1O[C@H]([C@@H](O)CO)C([O-])=C1OS(=O)(=O)[O-].O=C1O[C@H]([C@@H](O)CO)C([O-])=C1OS(=O)(=O)[O-].[Mg+2].[Sr+2]. The molecule has 0 bridgehead atoms. The third kappa shape index (κ3) is 10.3. The fourth-order valence-corrected chi connectivity index (χ4v) is 2.67. The standard InChI is InChI=1S/2C6H8O9S.Mg.Sr/c2*7-1-2(8)4-3(9)5(6(10)14-4)15-16(11,12)13;;/h2*2,4,7-9H,1H2,(H,11,12,13);;/q;;2*+2/p-4/t2*2-,4+;;/m00../s1. The molecule has 0 radical (unpaired) electrons. The number of rotatable bonds is 8. The maximum absolute atomic E-state index is 11.2. The van der Waals surface area contributed by atoms with Crippen molar-refractivity contribution in [3.8, 4) is 0 Å². The summed E-state index contributed by atoms with van der Waals surface area (Å²) in [6.45, 7) is -1.78. The van der Waals surface area contributed by atoms with Gasteiger partial charge in [-0.25, -0.2) is 26.4 Å². The van der Waals surface area contributed by atoms with E-state index in [0.29, 0.717) is 0 Å². The van der Waals surface area contributed by atoms with Gasteiger partial charge in [-0.2, -0.15) is 0 Å². The Hall–Kier alpha value is -0.473. The molecule has 22 heteroatoms. The van der Waals surface area contributed by atoms with Gasteiger partial charge in [0, 0.05) is 0 Å². The van der Waals surface area contributed by atoms with Crippen LogP contribution in [0.4, 0.5) is 0 Å². The predicted octanol–water partition coefficient (Wildman–Crippen LogP) is -8.13. The molecular formula is C12H12MgO18S2Sr. The van der Waals surface area contributed by atoms with Gasteiger partial charge < -0.3 is 57.6 Å². The predicted molar refractivity (Wildman–Crippen MR) is 93.1 cm³/mol. The Balaban J connectivity index is 0. The van der Waals surface area contributed by atoms with Crippen LogP contribution in [0.3, 0.4) is 0 Å². The summed E-state index contributed by atoms with van der Waals surface area (Å²) >= 11 is 0. The number of hydrogen-bond donors (Lipinski definition) is 4. The largest absolute Gasteiger partial charge is 2.00 e. The van der Waals surface area contributed by atoms with Gasteiger partial charge in [0.25, 0.3) is 20.8 Å². The first-order valence-electron chi connectivity index (χ1n) is 7.65. The van der Waals surface area contributed by atoms with Crippen LogP contribution in [0, 0.1) is 0 Å². The number of aliphatic hydroxyl groups is 4. The van der Waals surface area contributed by atoms with E-state index in [0.717, 1.165) is 0 Å². The van der Waals surface area contributed by atoms with Crippen LogP contribution in [0.2, 0.25) is 0 Å². The Morgan fingerprint density at radius 3 is 1.26 bits per heavy atom. The van der Waals surface area contributed by atoms with Crippen LogP contribution in [0.5, 0.6) is 0 Å². The van der Waals surface area contributed by atoms with Crippen LogP contribution in [-0.4, -0.2) is 164 Å². The molecule has 0 saturated heterocycles. The maximum Gasteiger partial charge on any atom is 2.00 e. The van der Waals surface area contributed by atoms with Gasteiger partial charge in [-0.3, -0.25) is 0 Å². The van der Waals surface area contributed by atoms with Gasteiger partial charge in [-0.1, -0.05) is 0 Å². The van der Waals surface area contributed by atoms with Crippen LogP contribution < -0.4 is 10.2 Å². The molecular weight excluding hydrogens is 608 g/mol. The second-order valence-corrected chi connectivity index (χ2v) is 7.49. The van der Waals surface area contributed by atoms with Crippen molar-refractivity contribution in [1.29, 1.82) is 0 Å². The van der Waals surface area contributed by atoms with E-state index < -0.39 is 93.4 Å². The van der Waals surface area contributed by atoms with E-state index in [1.165, 1.54) is 0 Å². The molecule has 18 nitrogen and oxygen atoms in total. The van der Waals surface area contributed by atoms with E-state index in [1.807, 2.05) is 0 Å². The number of esters is 2. The molecule has 0 fully saturated rings. The van der Waals surface area contributed by atoms with Crippen molar-refractivity contribution in [3.05, 3.63) is 23.0 Å². The fraction of sp³-hybridized carbons (Fsp3) is 0.500. The van der Waals surface area contributed by atoms with Crippen molar-refractivity contribution < 1.29 is 84.0 Å². The van der Waals surface area contributed by atoms with Crippen LogP contribution >= 0.6 is 0 Å². The van der Waals surface area contributed by atoms with E-state index >= 15 is 0 Å². The number of aliphatic hydroxyl groups excluding tert-OH is 4. The summed E-state index contributed by atoms with van der Waals surface area (Å²) in [7, 11) is -10.6. The van der Waals surface area contributed by atoms with E-state index in [9.17, 15) is 45.7 Å². The van der Waals surface area contributed by atoms with Crippen LogP contribution in [0.1, 0.15) is 0 Å². The van der Waals surface area contributed by atoms with Gasteiger partial charge in [-0.15, -0.1) is 0 Å². The molecule has 0 aromatic heterocycles. The van der Waals surface area contributed by atoms with Crippen LogP contribution in [0.25, 0.3) is 0 Å². The second kappa shape index (κ2) is 14.3. The summed E-state index contributed by atoms with van der Waals surface area (Å²) in [5, 5.41) is 57.4. The smallest absolute Gasteiger partial charge is 0.870 e. The zero-order valence-corrected chi connectivity index (χ0v) is 23.0. The minimum absolute atomic E-state index is 0. The fourth-order valence-electron chi connectivity index (χ4n) is 1.96. The Morgan fingerprint density at radius 1 is 0.794 bits per heavy atom. The average molecular weight is 620 g/mol. The van der Waals surface area contributed by atoms with Crippen molar-refractivity contribution in [2.24, 2.45) is 0 Å². The molecule has 2 aliphatic heterocycles. The number of hydrogen-bond acceptors (Lipinski definition) is 18. The Kier molecular flexibility index (Phi) is 15.0. The van der Waals surface area contributed by atoms with Crippen molar-refractivity contribution in [2.45, 2.75) is 24.4 Å². The average Bonchev–Trinajstić information content (AvgIpc) is 3.10. The second-order valence-electron chi connectivity index (χ2n) is 5.52. The topological polar surface area (TPSA) is 312 Å². The number of carbonyl (C=O) groups excluding carboxylic acids is 2. The Labute approximate surface area is 243 Å². The summed E-state index contributed by atoms with van der Waals surface area (Å²) in [4.78, 5) is 21.8. The van der Waals surface area contributed by atoms with Crippen molar-refractivity contribution in [1.82, 2.24) is 0 Å². The van der Waals surface area contributed by atoms with Crippen LogP contribution in [0.15, 0.2) is 23.0 Å². The number of cyclic esters (lactones) is 2. The quantitative estimate of drug-likeness (QED) is 0.0847. The summed E-state index contributed by atoms with van der Waals surface area (Å²) < 4.78 is 76.5. The van der Waals surface area contributed by atoms with E-state index in [1.54, 1.807) is 0 Å². The Morgan fingerprint density at radius 2 is 1.06 bits per heavy atom. The molecule has 0 unspecified atom stereocenters. The summed E-state index contributed by atoms with van der Waals surface area (Å²) in [5.41, 5.74) is 0. The van der Waals surface area contributed by atoms with Crippen molar-refractivity contribution >= 4 is 101 Å². The van der Waals surface area contributed by atoms with Gasteiger partial charge in [-0.05, 0) is 11.5 Å². The van der Waals surface area contributed by atoms with E-state index in [2.05, 4.69) is 17.8 Å². The molecule has 2 heterocycles. The molecule has 0 aromatic carbocycles. The molecule has 0 aromatic rings. The van der Waals surface area contributed by atoms with E-state index in [4.69, 9.17) is 20.4 Å². The van der Waals surface area contributed by atoms with Gasteiger partial charge in [0.1, 0.15) is 24.4 Å². The van der Waals surface area contributed by atoms with Crippen LogP contribution in [-0.2, 0) is 48.2 Å². The molecule has 0 aliphatic carbocycles. The molecule has 184 valence electrons. The summed E-state index contributed by atoms with van der Waals surface area (Å²) in [5.74, 6) is -8.25. The molecule has 4 N–H and O–H groups in total. The normalized spacial score (nSPS) is 21.8. The molecule has 0 amide bonds. The summed E-state index contributed by atoms with van der Waals surface area (Å²) in [6, 6.07) is 0. The Bertz CT molecular complexity index is 938. The first kappa shape index (κ1) is 35.7. The number of carbonyl (C=O) groups is 2. The van der Waals surface area contributed by atoms with Gasteiger partial charge in [0.15, 0.2) is 0 Å². The summed E-state index contributed by atoms with van der Waals surface area (Å²) in [6.07, 6.45) is -6.97. The minimum atomic E-state index is -5.28. The number of ether oxygens (including phenoxy) is 2. The third-order valence-electron chi connectivity index (χ3n) is 3.25. The third-order valence-corrected chi connectivity index (χ3v) is 3.99. The minimum Gasteiger partial charge on any atom is -0.870 e. The molecule has 4 atom stereocenters. The van der Waals surface area contributed by atoms with Gasteiger partial charge in [0.2, 0.25) is 11.5 Å². The first-order valence-corrected chi connectivity index (χ1v) is 10.3. The molecule has 2 rings (SSSR count). The monoisotopic (exact) mass is 620 g/mol. The molecule has 0 saturated carbocycles. The van der Waals surface area contributed by atoms with Crippen molar-refractivity contribution in [2.75, 3.05) is 13.2 Å². The van der Waals surface area contributed by atoms with Gasteiger partial charge in [0.05, 0.1) is 13.2 Å². The van der Waals surface area contributed by atoms with Gasteiger partial charge >= 0.3 is 80.5 Å². The molecule has 2 aliphatic rings. The zero-order valence-electron chi connectivity index (χ0n) is 16.5. The molecule has 0 spiro atoms. The van der Waals surface area contributed by atoms with Crippen molar-refractivity contribution in [3.63, 3.8) is 0 Å². The first-order chi connectivity index (χ1) is 14.5. The zero-order chi connectivity index (χ0) is 25.0. The maximum atomic E-state index is 11.2.